The topological polar surface area (TPSA) is 49.8 Å². The summed E-state index contributed by atoms with van der Waals surface area (Å²) >= 11 is 0. The van der Waals surface area contributed by atoms with Gasteiger partial charge in [0.25, 0.3) is 0 Å². The molecule has 0 aromatic heterocycles. The number of aliphatic carboxylic acids is 1. The Bertz CT molecular complexity index is 235. The lowest BCUT2D eigenvalue weighted by atomic mass is 10.1. The Morgan fingerprint density at radius 1 is 1.62 bits per heavy atom. The number of hydrogen-bond donors (Lipinski definition) is 1. The highest BCUT2D eigenvalue weighted by atomic mass is 16.5. The summed E-state index contributed by atoms with van der Waals surface area (Å²) in [6.45, 7) is 6.80. The zero-order chi connectivity index (χ0) is 12.4. The Labute approximate surface area is 97.6 Å². The van der Waals surface area contributed by atoms with Gasteiger partial charge in [0.15, 0.2) is 0 Å². The molecule has 0 rings (SSSR count). The van der Waals surface area contributed by atoms with Gasteiger partial charge in [0.05, 0.1) is 12.5 Å². The quantitative estimate of drug-likeness (QED) is 0.473. The van der Waals surface area contributed by atoms with Crippen LogP contribution >= 0.6 is 0 Å². The summed E-state index contributed by atoms with van der Waals surface area (Å²) in [4.78, 5) is 12.7. The van der Waals surface area contributed by atoms with Crippen molar-refractivity contribution in [1.82, 2.24) is 4.90 Å². The summed E-state index contributed by atoms with van der Waals surface area (Å²) in [5, 5.41) is 8.81. The highest BCUT2D eigenvalue weighted by Gasteiger charge is 2.15. The Morgan fingerprint density at radius 2 is 2.31 bits per heavy atom. The monoisotopic (exact) mass is 227 g/mol. The van der Waals surface area contributed by atoms with Gasteiger partial charge in [-0.2, -0.15) is 0 Å². The third kappa shape index (κ3) is 7.27. The Balaban J connectivity index is 3.88. The van der Waals surface area contributed by atoms with Gasteiger partial charge < -0.3 is 9.84 Å². The summed E-state index contributed by atoms with van der Waals surface area (Å²) in [6.07, 6.45) is 6.12. The lowest BCUT2D eigenvalue weighted by Crippen LogP contribution is -2.33. The van der Waals surface area contributed by atoms with E-state index < -0.39 is 5.97 Å². The first-order valence-corrected chi connectivity index (χ1v) is 5.58. The van der Waals surface area contributed by atoms with Crippen LogP contribution < -0.4 is 0 Å². The van der Waals surface area contributed by atoms with Crippen LogP contribution in [0.25, 0.3) is 0 Å². The Kier molecular flexibility index (Phi) is 8.59. The van der Waals surface area contributed by atoms with E-state index in [1.807, 2.05) is 11.8 Å². The molecule has 4 heteroatoms. The second-order valence-electron chi connectivity index (χ2n) is 3.73. The number of hydrogen-bond acceptors (Lipinski definition) is 3. The van der Waals surface area contributed by atoms with Gasteiger partial charge in [-0.25, -0.2) is 0 Å². The largest absolute Gasteiger partial charge is 0.481 e. The van der Waals surface area contributed by atoms with E-state index in [0.29, 0.717) is 26.3 Å². The van der Waals surface area contributed by atoms with Crippen LogP contribution in [0, 0.1) is 18.3 Å². The van der Waals surface area contributed by atoms with E-state index in [1.54, 1.807) is 6.92 Å². The lowest BCUT2D eigenvalue weighted by Gasteiger charge is -2.21. The van der Waals surface area contributed by atoms with Gasteiger partial charge in [0, 0.05) is 26.3 Å². The molecule has 0 aromatic rings. The van der Waals surface area contributed by atoms with E-state index in [1.165, 1.54) is 0 Å². The van der Waals surface area contributed by atoms with Crippen molar-refractivity contribution in [3.05, 3.63) is 0 Å². The molecule has 1 unspecified atom stereocenters. The van der Waals surface area contributed by atoms with Crippen molar-refractivity contribution in [3.8, 4) is 12.3 Å². The minimum absolute atomic E-state index is 0.388. The maximum absolute atomic E-state index is 10.7. The highest BCUT2D eigenvalue weighted by Crippen LogP contribution is 2.01. The van der Waals surface area contributed by atoms with Crippen molar-refractivity contribution in [1.29, 1.82) is 0 Å². The van der Waals surface area contributed by atoms with E-state index in [9.17, 15) is 4.79 Å². The molecule has 0 aliphatic heterocycles. The molecule has 0 spiro atoms. The first-order valence-electron chi connectivity index (χ1n) is 5.58. The molecular formula is C12H21NO3. The van der Waals surface area contributed by atoms with Gasteiger partial charge in [0.1, 0.15) is 0 Å². The van der Waals surface area contributed by atoms with Crippen molar-refractivity contribution in [3.63, 3.8) is 0 Å². The fourth-order valence-electron chi connectivity index (χ4n) is 1.36. The van der Waals surface area contributed by atoms with Crippen LogP contribution in [0.5, 0.6) is 0 Å². The van der Waals surface area contributed by atoms with E-state index in [-0.39, 0.29) is 5.92 Å². The molecular weight excluding hydrogens is 206 g/mol. The van der Waals surface area contributed by atoms with Crippen LogP contribution in [0.15, 0.2) is 0 Å². The van der Waals surface area contributed by atoms with E-state index >= 15 is 0 Å². The molecule has 0 saturated carbocycles. The van der Waals surface area contributed by atoms with Crippen molar-refractivity contribution >= 4 is 5.97 Å². The smallest absolute Gasteiger partial charge is 0.307 e. The van der Waals surface area contributed by atoms with E-state index in [4.69, 9.17) is 16.3 Å². The highest BCUT2D eigenvalue weighted by molar-refractivity contribution is 5.69. The zero-order valence-corrected chi connectivity index (χ0v) is 10.1. The number of carboxylic acid groups (broad SMARTS) is 1. The van der Waals surface area contributed by atoms with Crippen molar-refractivity contribution in [2.45, 2.75) is 20.3 Å². The second-order valence-corrected chi connectivity index (χ2v) is 3.73. The van der Waals surface area contributed by atoms with Gasteiger partial charge in [-0.3, -0.25) is 9.69 Å². The second kappa shape index (κ2) is 9.20. The molecule has 1 N–H and O–H groups in total. The molecule has 0 heterocycles. The summed E-state index contributed by atoms with van der Waals surface area (Å²) < 4.78 is 5.22. The molecule has 92 valence electrons. The number of ether oxygens (including phenoxy) is 1. The summed E-state index contributed by atoms with van der Waals surface area (Å²) in [6, 6.07) is 0. The van der Waals surface area contributed by atoms with Crippen LogP contribution in [-0.4, -0.2) is 48.8 Å². The molecule has 16 heavy (non-hydrogen) atoms. The predicted molar refractivity (Wildman–Crippen MR) is 63.2 cm³/mol. The average Bonchev–Trinajstić information content (AvgIpc) is 2.24. The Morgan fingerprint density at radius 3 is 2.81 bits per heavy atom. The zero-order valence-electron chi connectivity index (χ0n) is 10.1. The van der Waals surface area contributed by atoms with Gasteiger partial charge in [0.2, 0.25) is 0 Å². The Hall–Kier alpha value is -1.05. The number of terminal acetylenes is 1. The van der Waals surface area contributed by atoms with Crippen LogP contribution in [0.4, 0.5) is 0 Å². The molecule has 0 bridgehead atoms. The van der Waals surface area contributed by atoms with Crippen LogP contribution in [-0.2, 0) is 9.53 Å². The van der Waals surface area contributed by atoms with Crippen LogP contribution in [0.2, 0.25) is 0 Å². The molecule has 0 aliphatic carbocycles. The maximum atomic E-state index is 10.7. The van der Waals surface area contributed by atoms with E-state index in [2.05, 4.69) is 5.92 Å². The first kappa shape index (κ1) is 14.9. The SMILES string of the molecule is C#CCN(CCCOCC)CC(C)C(=O)O. The van der Waals surface area contributed by atoms with Crippen molar-refractivity contribution < 1.29 is 14.6 Å². The number of nitrogens with zero attached hydrogens (tertiary/aromatic N) is 1. The van der Waals surface area contributed by atoms with Crippen molar-refractivity contribution in [2.75, 3.05) is 32.8 Å². The standard InChI is InChI=1S/C12H21NO3/c1-4-7-13(8-6-9-16-5-2)10-11(3)12(14)15/h1,11H,5-10H2,2-3H3,(H,14,15). The molecule has 0 amide bonds. The normalized spacial score (nSPS) is 12.4. The molecule has 0 aromatic carbocycles. The lowest BCUT2D eigenvalue weighted by molar-refractivity contribution is -0.141. The van der Waals surface area contributed by atoms with Crippen LogP contribution in [0.3, 0.4) is 0 Å². The minimum atomic E-state index is -0.785. The van der Waals surface area contributed by atoms with Gasteiger partial charge in [-0.1, -0.05) is 12.8 Å². The third-order valence-corrected chi connectivity index (χ3v) is 2.24. The van der Waals surface area contributed by atoms with E-state index in [0.717, 1.165) is 13.0 Å². The number of carboxylic acids is 1. The first-order chi connectivity index (χ1) is 7.61. The number of rotatable bonds is 9. The molecule has 0 fully saturated rings. The maximum Gasteiger partial charge on any atom is 0.307 e. The summed E-state index contributed by atoms with van der Waals surface area (Å²) in [7, 11) is 0. The molecule has 0 aliphatic rings. The summed E-state index contributed by atoms with van der Waals surface area (Å²) in [5.74, 6) is 1.37. The fourth-order valence-corrected chi connectivity index (χ4v) is 1.36. The number of carbonyl (C=O) groups is 1. The van der Waals surface area contributed by atoms with Crippen LogP contribution in [0.1, 0.15) is 20.3 Å². The molecule has 0 saturated heterocycles. The predicted octanol–water partition coefficient (Wildman–Crippen LogP) is 1.07. The van der Waals surface area contributed by atoms with Crippen molar-refractivity contribution in [2.24, 2.45) is 5.92 Å². The third-order valence-electron chi connectivity index (χ3n) is 2.24. The summed E-state index contributed by atoms with van der Waals surface area (Å²) in [5.41, 5.74) is 0. The van der Waals surface area contributed by atoms with Gasteiger partial charge >= 0.3 is 5.97 Å². The van der Waals surface area contributed by atoms with Gasteiger partial charge in [-0.05, 0) is 13.3 Å². The van der Waals surface area contributed by atoms with Gasteiger partial charge in [-0.15, -0.1) is 6.42 Å². The average molecular weight is 227 g/mol. The molecule has 0 radical (unpaired) electrons. The molecule has 1 atom stereocenters. The minimum Gasteiger partial charge on any atom is -0.481 e. The fraction of sp³-hybridized carbons (Fsp3) is 0.750. The molecule has 4 nitrogen and oxygen atoms in total.